The molecule has 0 saturated heterocycles. The predicted octanol–water partition coefficient (Wildman–Crippen LogP) is -0.00180. The molecule has 8 heteroatoms. The number of hydrogen-bond donors (Lipinski definition) is 1. The zero-order chi connectivity index (χ0) is 15.0. The third-order valence-electron chi connectivity index (χ3n) is 2.57. The number of nitrogens with zero attached hydrogens (tertiary/aromatic N) is 3. The number of rotatable bonds is 9. The molecule has 20 heavy (non-hydrogen) atoms. The van der Waals surface area contributed by atoms with Crippen LogP contribution >= 0.6 is 11.8 Å². The van der Waals surface area contributed by atoms with Gasteiger partial charge in [0.05, 0.1) is 12.4 Å². The van der Waals surface area contributed by atoms with Crippen molar-refractivity contribution < 1.29 is 14.6 Å². The summed E-state index contributed by atoms with van der Waals surface area (Å²) in [6.07, 6.45) is 1.64. The molecule has 1 aromatic heterocycles. The summed E-state index contributed by atoms with van der Waals surface area (Å²) in [4.78, 5) is 27.8. The first-order chi connectivity index (χ1) is 9.52. The Bertz CT molecular complexity index is 492. The van der Waals surface area contributed by atoms with Crippen LogP contribution in [0.25, 0.3) is 0 Å². The summed E-state index contributed by atoms with van der Waals surface area (Å²) in [5.41, 5.74) is -0.359. The molecule has 0 unspecified atom stereocenters. The van der Waals surface area contributed by atoms with E-state index in [1.54, 1.807) is 17.9 Å². The van der Waals surface area contributed by atoms with E-state index in [9.17, 15) is 9.59 Å². The maximum Gasteiger partial charge on any atom is 0.313 e. The molecule has 0 radical (unpaired) electrons. The molecule has 1 aromatic rings. The fourth-order valence-electron chi connectivity index (χ4n) is 1.46. The average Bonchev–Trinajstić information content (AvgIpc) is 2.41. The molecule has 1 heterocycles. The van der Waals surface area contributed by atoms with Gasteiger partial charge in [-0.15, -0.1) is 0 Å². The summed E-state index contributed by atoms with van der Waals surface area (Å²) in [5, 5.41) is 9.12. The van der Waals surface area contributed by atoms with Crippen molar-refractivity contribution in [1.29, 1.82) is 0 Å². The maximum atomic E-state index is 11.3. The summed E-state index contributed by atoms with van der Waals surface area (Å²) in [7, 11) is 3.62. The number of aliphatic carboxylic acids is 1. The highest BCUT2D eigenvalue weighted by Crippen LogP contribution is 2.13. The molecule has 1 rings (SSSR count). The molecule has 0 spiro atoms. The minimum atomic E-state index is -0.933. The van der Waals surface area contributed by atoms with E-state index < -0.39 is 5.97 Å². The molecule has 7 nitrogen and oxygen atoms in total. The summed E-state index contributed by atoms with van der Waals surface area (Å²) in [6, 6.07) is 1.37. The van der Waals surface area contributed by atoms with Crippen LogP contribution in [0.1, 0.15) is 0 Å². The Morgan fingerprint density at radius 2 is 2.30 bits per heavy atom. The number of hydrogen-bond acceptors (Lipinski definition) is 6. The molecule has 0 aromatic carbocycles. The van der Waals surface area contributed by atoms with Crippen molar-refractivity contribution >= 4 is 17.7 Å². The van der Waals surface area contributed by atoms with Gasteiger partial charge in [0.15, 0.2) is 5.16 Å². The second-order valence-electron chi connectivity index (χ2n) is 4.22. The van der Waals surface area contributed by atoms with Crippen LogP contribution in [0.3, 0.4) is 0 Å². The smallest absolute Gasteiger partial charge is 0.313 e. The van der Waals surface area contributed by atoms with Gasteiger partial charge in [-0.05, 0) is 7.05 Å². The maximum absolute atomic E-state index is 11.3. The lowest BCUT2D eigenvalue weighted by Gasteiger charge is -2.18. The molecular weight excluding hydrogens is 282 g/mol. The van der Waals surface area contributed by atoms with Gasteiger partial charge in [-0.1, -0.05) is 11.8 Å². The third kappa shape index (κ3) is 6.18. The van der Waals surface area contributed by atoms with Gasteiger partial charge in [0.1, 0.15) is 0 Å². The van der Waals surface area contributed by atoms with E-state index in [4.69, 9.17) is 9.84 Å². The Morgan fingerprint density at radius 3 is 2.95 bits per heavy atom. The van der Waals surface area contributed by atoms with Crippen LogP contribution in [0, 0.1) is 0 Å². The van der Waals surface area contributed by atoms with Crippen LogP contribution < -0.4 is 5.56 Å². The molecule has 1 N–H and O–H groups in total. The van der Waals surface area contributed by atoms with E-state index in [0.717, 1.165) is 24.9 Å². The Morgan fingerprint density at radius 1 is 1.55 bits per heavy atom. The molecule has 0 saturated carbocycles. The molecule has 0 aliphatic rings. The minimum Gasteiger partial charge on any atom is -0.481 e. The van der Waals surface area contributed by atoms with Crippen LogP contribution in [0.2, 0.25) is 0 Å². The SMILES string of the molecule is COCCN(C)CCn1ccc(=O)nc1SCC(=O)O. The van der Waals surface area contributed by atoms with E-state index in [0.29, 0.717) is 18.3 Å². The topological polar surface area (TPSA) is 84.7 Å². The Hall–Kier alpha value is -1.38. The monoisotopic (exact) mass is 301 g/mol. The zero-order valence-electron chi connectivity index (χ0n) is 11.6. The van der Waals surface area contributed by atoms with Gasteiger partial charge in [-0.25, -0.2) is 0 Å². The largest absolute Gasteiger partial charge is 0.481 e. The zero-order valence-corrected chi connectivity index (χ0v) is 12.4. The van der Waals surface area contributed by atoms with Crippen molar-refractivity contribution in [3.63, 3.8) is 0 Å². The van der Waals surface area contributed by atoms with E-state index in [-0.39, 0.29) is 11.3 Å². The molecule has 0 aliphatic heterocycles. The fraction of sp³-hybridized carbons (Fsp3) is 0.583. The lowest BCUT2D eigenvalue weighted by atomic mass is 10.5. The average molecular weight is 301 g/mol. The number of carbonyl (C=O) groups is 1. The van der Waals surface area contributed by atoms with Gasteiger partial charge >= 0.3 is 5.97 Å². The van der Waals surface area contributed by atoms with E-state index in [1.807, 2.05) is 7.05 Å². The van der Waals surface area contributed by atoms with E-state index in [1.165, 1.54) is 6.07 Å². The molecule has 0 aliphatic carbocycles. The highest BCUT2D eigenvalue weighted by Gasteiger charge is 2.07. The number of methoxy groups -OCH3 is 1. The van der Waals surface area contributed by atoms with Crippen LogP contribution in [-0.4, -0.2) is 65.1 Å². The Labute approximate surface area is 121 Å². The van der Waals surface area contributed by atoms with E-state index >= 15 is 0 Å². The quantitative estimate of drug-likeness (QED) is 0.507. The summed E-state index contributed by atoms with van der Waals surface area (Å²) in [5.74, 6) is -1.05. The first kappa shape index (κ1) is 16.7. The van der Waals surface area contributed by atoms with Crippen LogP contribution in [0.15, 0.2) is 22.2 Å². The van der Waals surface area contributed by atoms with Crippen molar-refractivity contribution in [2.75, 3.05) is 39.6 Å². The number of likely N-dealkylation sites (N-methyl/N-ethyl adjacent to an activating group) is 1. The second-order valence-corrected chi connectivity index (χ2v) is 5.16. The van der Waals surface area contributed by atoms with Gasteiger partial charge in [0, 0.05) is 39.0 Å². The second kappa shape index (κ2) is 8.72. The summed E-state index contributed by atoms with van der Waals surface area (Å²) < 4.78 is 6.79. The number of aromatic nitrogens is 2. The number of thioether (sulfide) groups is 1. The van der Waals surface area contributed by atoms with Crippen molar-refractivity contribution in [3.8, 4) is 0 Å². The molecule has 0 amide bonds. The molecule has 0 bridgehead atoms. The molecular formula is C12H19N3O4S. The normalized spacial score (nSPS) is 10.9. The first-order valence-electron chi connectivity index (χ1n) is 6.12. The van der Waals surface area contributed by atoms with Crippen molar-refractivity contribution in [2.45, 2.75) is 11.7 Å². The lowest BCUT2D eigenvalue weighted by molar-refractivity contribution is -0.133. The Balaban J connectivity index is 2.63. The van der Waals surface area contributed by atoms with Crippen LogP contribution in [0.5, 0.6) is 0 Å². The van der Waals surface area contributed by atoms with Crippen molar-refractivity contribution in [1.82, 2.24) is 14.5 Å². The minimum absolute atomic E-state index is 0.115. The van der Waals surface area contributed by atoms with Gasteiger partial charge in [0.25, 0.3) is 5.56 Å². The van der Waals surface area contributed by atoms with Gasteiger partial charge in [-0.2, -0.15) is 4.98 Å². The standard InChI is InChI=1S/C12H19N3O4S/c1-14(7-8-19-2)5-6-15-4-3-10(16)13-12(15)20-9-11(17)18/h3-4H,5-9H2,1-2H3,(H,17,18). The lowest BCUT2D eigenvalue weighted by Crippen LogP contribution is -2.27. The summed E-state index contributed by atoms with van der Waals surface area (Å²) >= 11 is 1.05. The molecule has 0 fully saturated rings. The highest BCUT2D eigenvalue weighted by molar-refractivity contribution is 7.99. The van der Waals surface area contributed by atoms with E-state index in [2.05, 4.69) is 9.88 Å². The van der Waals surface area contributed by atoms with Crippen molar-refractivity contribution in [2.24, 2.45) is 0 Å². The third-order valence-corrected chi connectivity index (χ3v) is 3.55. The number of carboxylic acids is 1. The molecule has 0 atom stereocenters. The van der Waals surface area contributed by atoms with Crippen molar-refractivity contribution in [3.05, 3.63) is 22.6 Å². The van der Waals surface area contributed by atoms with Crippen LogP contribution in [-0.2, 0) is 16.1 Å². The first-order valence-corrected chi connectivity index (χ1v) is 7.11. The summed E-state index contributed by atoms with van der Waals surface area (Å²) in [6.45, 7) is 2.85. The highest BCUT2D eigenvalue weighted by atomic mass is 32.2. The predicted molar refractivity (Wildman–Crippen MR) is 76.2 cm³/mol. The van der Waals surface area contributed by atoms with Crippen LogP contribution in [0.4, 0.5) is 0 Å². The van der Waals surface area contributed by atoms with Gasteiger partial charge in [0.2, 0.25) is 0 Å². The number of carboxylic acid groups (broad SMARTS) is 1. The molecule has 112 valence electrons. The van der Waals surface area contributed by atoms with Gasteiger partial charge in [-0.3, -0.25) is 9.59 Å². The Kier molecular flexibility index (Phi) is 7.27. The fourth-order valence-corrected chi connectivity index (χ4v) is 2.19. The van der Waals surface area contributed by atoms with Gasteiger partial charge < -0.3 is 19.3 Å². The number of ether oxygens (including phenoxy) is 1.